The third-order valence-electron chi connectivity index (χ3n) is 4.32. The van der Waals surface area contributed by atoms with Crippen LogP contribution in [0.1, 0.15) is 32.4 Å². The highest BCUT2D eigenvalue weighted by Crippen LogP contribution is 2.23. The second kappa shape index (κ2) is 7.19. The molecule has 7 nitrogen and oxygen atoms in total. The molecule has 1 aliphatic rings. The maximum atomic E-state index is 12.1. The average Bonchev–Trinajstić information content (AvgIpc) is 3.00. The van der Waals surface area contributed by atoms with Crippen molar-refractivity contribution in [1.29, 1.82) is 0 Å². The maximum Gasteiger partial charge on any atom is 0.321 e. The summed E-state index contributed by atoms with van der Waals surface area (Å²) in [6.45, 7) is 6.03. The second-order valence-electron chi connectivity index (χ2n) is 6.75. The summed E-state index contributed by atoms with van der Waals surface area (Å²) in [4.78, 5) is 25.4. The van der Waals surface area contributed by atoms with Gasteiger partial charge in [-0.3, -0.25) is 9.69 Å². The molecular formula is C17H25N3O4. The summed E-state index contributed by atoms with van der Waals surface area (Å²) in [7, 11) is 0. The van der Waals surface area contributed by atoms with Crippen molar-refractivity contribution in [3.63, 3.8) is 0 Å². The Morgan fingerprint density at radius 2 is 2.00 bits per heavy atom. The Hall–Kier alpha value is -2.12. The maximum absolute atomic E-state index is 12.1. The predicted octanol–water partition coefficient (Wildman–Crippen LogP) is 0.773. The zero-order chi connectivity index (χ0) is 17.9. The molecule has 3 amide bonds. The van der Waals surface area contributed by atoms with Crippen LogP contribution in [0.4, 0.5) is 10.5 Å². The average molecular weight is 335 g/mol. The molecule has 0 saturated carbocycles. The van der Waals surface area contributed by atoms with Crippen molar-refractivity contribution >= 4 is 17.6 Å². The van der Waals surface area contributed by atoms with Gasteiger partial charge in [0.1, 0.15) is 6.10 Å². The van der Waals surface area contributed by atoms with Crippen LogP contribution >= 0.6 is 0 Å². The number of rotatable bonds is 6. The lowest BCUT2D eigenvalue weighted by molar-refractivity contribution is -0.137. The largest absolute Gasteiger partial charge is 0.396 e. The summed E-state index contributed by atoms with van der Waals surface area (Å²) in [5, 5.41) is 24.8. The Balaban J connectivity index is 2.01. The fraction of sp³-hybridized carbons (Fsp3) is 0.529. The molecule has 1 unspecified atom stereocenters. The Labute approximate surface area is 141 Å². The van der Waals surface area contributed by atoms with E-state index in [0.29, 0.717) is 13.1 Å². The van der Waals surface area contributed by atoms with Gasteiger partial charge in [0, 0.05) is 24.2 Å². The fourth-order valence-corrected chi connectivity index (χ4v) is 2.48. The van der Waals surface area contributed by atoms with Crippen LogP contribution in [0.25, 0.3) is 0 Å². The minimum Gasteiger partial charge on any atom is -0.396 e. The lowest BCUT2D eigenvalue weighted by Gasteiger charge is -2.28. The number of aliphatic hydroxyl groups is 2. The molecule has 0 radical (unpaired) electrons. The van der Waals surface area contributed by atoms with E-state index in [0.717, 1.165) is 11.3 Å². The van der Waals surface area contributed by atoms with Gasteiger partial charge in [0.05, 0.1) is 12.6 Å². The number of hydrogen-bond donors (Lipinski definition) is 4. The number of nitrogens with zero attached hydrogens (tertiary/aromatic N) is 1. The summed E-state index contributed by atoms with van der Waals surface area (Å²) in [5.41, 5.74) is 0.756. The van der Waals surface area contributed by atoms with Crippen LogP contribution in [0, 0.1) is 5.41 Å². The van der Waals surface area contributed by atoms with E-state index in [2.05, 4.69) is 10.6 Å². The number of carbonyl (C=O) groups is 2. The molecule has 4 N–H and O–H groups in total. The van der Waals surface area contributed by atoms with Crippen LogP contribution in [0.3, 0.4) is 0 Å². The highest BCUT2D eigenvalue weighted by atomic mass is 16.3. The van der Waals surface area contributed by atoms with E-state index >= 15 is 0 Å². The van der Waals surface area contributed by atoms with Crippen LogP contribution in [-0.4, -0.2) is 48.0 Å². The molecule has 0 aromatic heterocycles. The minimum absolute atomic E-state index is 0.113. The van der Waals surface area contributed by atoms with Gasteiger partial charge in [-0.05, 0) is 24.6 Å². The third kappa shape index (κ3) is 3.85. The normalized spacial score (nSPS) is 17.4. The number of hydrogen-bond acceptors (Lipinski definition) is 4. The quantitative estimate of drug-likeness (QED) is 0.617. The smallest absolute Gasteiger partial charge is 0.321 e. The SMILES string of the molecule is CC(NC(=O)[C@H](O)C(C)(C)CO)c1ccc(N2CCNC2=O)cc1. The minimum atomic E-state index is -1.29. The van der Waals surface area contributed by atoms with E-state index in [-0.39, 0.29) is 18.7 Å². The molecule has 1 heterocycles. The van der Waals surface area contributed by atoms with Crippen LogP contribution in [0.15, 0.2) is 24.3 Å². The number of nitrogens with one attached hydrogen (secondary N) is 2. The van der Waals surface area contributed by atoms with Crippen molar-refractivity contribution in [2.75, 3.05) is 24.6 Å². The van der Waals surface area contributed by atoms with Crippen molar-refractivity contribution < 1.29 is 19.8 Å². The summed E-state index contributed by atoms with van der Waals surface area (Å²) in [5.74, 6) is -0.524. The Kier molecular flexibility index (Phi) is 5.46. The van der Waals surface area contributed by atoms with E-state index in [1.807, 2.05) is 31.2 Å². The topological polar surface area (TPSA) is 102 Å². The zero-order valence-electron chi connectivity index (χ0n) is 14.2. The fourth-order valence-electron chi connectivity index (χ4n) is 2.48. The molecule has 2 atom stereocenters. The molecular weight excluding hydrogens is 310 g/mol. The summed E-state index contributed by atoms with van der Waals surface area (Å²) >= 11 is 0. The van der Waals surface area contributed by atoms with Crippen LogP contribution < -0.4 is 15.5 Å². The van der Waals surface area contributed by atoms with E-state index < -0.39 is 17.4 Å². The van der Waals surface area contributed by atoms with Gasteiger partial charge < -0.3 is 20.8 Å². The molecule has 1 saturated heterocycles. The van der Waals surface area contributed by atoms with Crippen molar-refractivity contribution in [2.24, 2.45) is 5.41 Å². The van der Waals surface area contributed by atoms with Gasteiger partial charge in [0.2, 0.25) is 5.91 Å². The molecule has 24 heavy (non-hydrogen) atoms. The van der Waals surface area contributed by atoms with Crippen molar-refractivity contribution in [1.82, 2.24) is 10.6 Å². The van der Waals surface area contributed by atoms with E-state index in [1.54, 1.807) is 18.7 Å². The van der Waals surface area contributed by atoms with Gasteiger partial charge in [-0.15, -0.1) is 0 Å². The monoisotopic (exact) mass is 335 g/mol. The molecule has 1 aliphatic heterocycles. The second-order valence-corrected chi connectivity index (χ2v) is 6.75. The number of anilines is 1. The molecule has 2 rings (SSSR count). The first-order valence-electron chi connectivity index (χ1n) is 8.01. The van der Waals surface area contributed by atoms with Crippen molar-refractivity contribution in [2.45, 2.75) is 32.9 Å². The molecule has 132 valence electrons. The van der Waals surface area contributed by atoms with Crippen LogP contribution in [0.2, 0.25) is 0 Å². The molecule has 1 aromatic carbocycles. The van der Waals surface area contributed by atoms with Crippen molar-refractivity contribution in [3.8, 4) is 0 Å². The van der Waals surface area contributed by atoms with E-state index in [1.165, 1.54) is 0 Å². The van der Waals surface area contributed by atoms with E-state index in [4.69, 9.17) is 0 Å². The molecule has 7 heteroatoms. The Morgan fingerprint density at radius 1 is 1.38 bits per heavy atom. The van der Waals surface area contributed by atoms with Gasteiger partial charge in [-0.25, -0.2) is 4.79 Å². The number of amides is 3. The molecule has 1 aromatic rings. The van der Waals surface area contributed by atoms with E-state index in [9.17, 15) is 19.8 Å². The molecule has 0 spiro atoms. The molecule has 0 aliphatic carbocycles. The standard InChI is InChI=1S/C17H25N3O4/c1-11(19-15(23)14(22)17(2,3)10-21)12-4-6-13(7-5-12)20-9-8-18-16(20)24/h4-7,11,14,21-22H,8-10H2,1-3H3,(H,18,24)(H,19,23)/t11?,14-/m0/s1. The summed E-state index contributed by atoms with van der Waals surface area (Å²) < 4.78 is 0. The highest BCUT2D eigenvalue weighted by molar-refractivity contribution is 5.94. The molecule has 0 bridgehead atoms. The number of aliphatic hydroxyl groups excluding tert-OH is 2. The summed E-state index contributed by atoms with van der Waals surface area (Å²) in [6.07, 6.45) is -1.29. The molecule has 1 fully saturated rings. The highest BCUT2D eigenvalue weighted by Gasteiger charge is 2.33. The van der Waals surface area contributed by atoms with Gasteiger partial charge in [0.25, 0.3) is 0 Å². The zero-order valence-corrected chi connectivity index (χ0v) is 14.2. The third-order valence-corrected chi connectivity index (χ3v) is 4.32. The number of benzene rings is 1. The first-order chi connectivity index (χ1) is 11.3. The Morgan fingerprint density at radius 3 is 2.50 bits per heavy atom. The van der Waals surface area contributed by atoms with Gasteiger partial charge >= 0.3 is 6.03 Å². The first-order valence-corrected chi connectivity index (χ1v) is 8.01. The summed E-state index contributed by atoms with van der Waals surface area (Å²) in [6, 6.07) is 6.93. The first kappa shape index (κ1) is 18.2. The van der Waals surface area contributed by atoms with Gasteiger partial charge in [-0.1, -0.05) is 26.0 Å². The van der Waals surface area contributed by atoms with Crippen LogP contribution in [-0.2, 0) is 4.79 Å². The number of carbonyl (C=O) groups excluding carboxylic acids is 2. The van der Waals surface area contributed by atoms with Crippen LogP contribution in [0.5, 0.6) is 0 Å². The number of urea groups is 1. The predicted molar refractivity (Wildman–Crippen MR) is 90.6 cm³/mol. The lowest BCUT2D eigenvalue weighted by Crippen LogP contribution is -2.46. The van der Waals surface area contributed by atoms with Crippen molar-refractivity contribution in [3.05, 3.63) is 29.8 Å². The van der Waals surface area contributed by atoms with Gasteiger partial charge in [-0.2, -0.15) is 0 Å². The lowest BCUT2D eigenvalue weighted by atomic mass is 9.87. The Bertz CT molecular complexity index is 600. The van der Waals surface area contributed by atoms with Gasteiger partial charge in [0.15, 0.2) is 0 Å².